The van der Waals surface area contributed by atoms with Crippen LogP contribution in [0.3, 0.4) is 0 Å². The van der Waals surface area contributed by atoms with Crippen molar-refractivity contribution in [3.63, 3.8) is 0 Å². The van der Waals surface area contributed by atoms with Gasteiger partial charge in [0.15, 0.2) is 0 Å². The number of carbonyl (C=O) groups is 1. The average molecular weight is 358 g/mol. The number of ether oxygens (including phenoxy) is 1. The zero-order valence-corrected chi connectivity index (χ0v) is 15.0. The summed E-state index contributed by atoms with van der Waals surface area (Å²) in [6, 6.07) is 4.07. The van der Waals surface area contributed by atoms with Crippen LogP contribution in [0.4, 0.5) is 5.69 Å². The van der Waals surface area contributed by atoms with Crippen molar-refractivity contribution in [2.24, 2.45) is 0 Å². The molecule has 0 bridgehead atoms. The van der Waals surface area contributed by atoms with Crippen molar-refractivity contribution in [2.75, 3.05) is 31.6 Å². The van der Waals surface area contributed by atoms with E-state index < -0.39 is 16.0 Å². The number of sulfonamides is 1. The molecule has 0 saturated heterocycles. The summed E-state index contributed by atoms with van der Waals surface area (Å²) in [5.74, 6) is -1.17. The fourth-order valence-corrected chi connectivity index (χ4v) is 3.13. The van der Waals surface area contributed by atoms with Crippen LogP contribution in [0.5, 0.6) is 0 Å². The number of anilines is 1. The first-order valence-corrected chi connectivity index (χ1v) is 9.59. The van der Waals surface area contributed by atoms with Gasteiger partial charge in [-0.2, -0.15) is 0 Å². The molecule has 0 aliphatic carbocycles. The first-order chi connectivity index (χ1) is 11.4. The number of carboxylic acid groups (broad SMARTS) is 1. The van der Waals surface area contributed by atoms with Crippen molar-refractivity contribution in [3.05, 3.63) is 23.8 Å². The average Bonchev–Trinajstić information content (AvgIpc) is 2.54. The van der Waals surface area contributed by atoms with Crippen LogP contribution in [0.2, 0.25) is 0 Å². The fraction of sp³-hybridized carbons (Fsp3) is 0.562. The third kappa shape index (κ3) is 6.46. The van der Waals surface area contributed by atoms with Crippen LogP contribution in [0, 0.1) is 0 Å². The molecule has 0 unspecified atom stereocenters. The summed E-state index contributed by atoms with van der Waals surface area (Å²) < 4.78 is 32.1. The SMILES string of the molecule is CCCCNS(=O)(=O)c1ccc(NCCCOCC)c(C(=O)O)c1. The smallest absolute Gasteiger partial charge is 0.337 e. The number of aromatic carboxylic acids is 1. The van der Waals surface area contributed by atoms with Crippen LogP contribution >= 0.6 is 0 Å². The highest BCUT2D eigenvalue weighted by Crippen LogP contribution is 2.21. The Morgan fingerprint density at radius 3 is 2.58 bits per heavy atom. The molecule has 0 aliphatic heterocycles. The molecule has 1 aromatic carbocycles. The van der Waals surface area contributed by atoms with Gasteiger partial charge in [0.25, 0.3) is 0 Å². The van der Waals surface area contributed by atoms with Gasteiger partial charge in [0.2, 0.25) is 10.0 Å². The Morgan fingerprint density at radius 1 is 1.21 bits per heavy atom. The maximum absolute atomic E-state index is 12.2. The van der Waals surface area contributed by atoms with Gasteiger partial charge < -0.3 is 15.2 Å². The van der Waals surface area contributed by atoms with Crippen LogP contribution < -0.4 is 10.0 Å². The zero-order valence-electron chi connectivity index (χ0n) is 14.2. The number of hydrogen-bond acceptors (Lipinski definition) is 5. The topological polar surface area (TPSA) is 105 Å². The van der Waals surface area contributed by atoms with E-state index in [1.54, 1.807) is 0 Å². The first kappa shape index (κ1) is 20.4. The van der Waals surface area contributed by atoms with Crippen LogP contribution in [-0.2, 0) is 14.8 Å². The lowest BCUT2D eigenvalue weighted by atomic mass is 10.2. The normalized spacial score (nSPS) is 11.4. The van der Waals surface area contributed by atoms with Gasteiger partial charge in [0.05, 0.1) is 10.5 Å². The van der Waals surface area contributed by atoms with Crippen molar-refractivity contribution in [3.8, 4) is 0 Å². The summed E-state index contributed by atoms with van der Waals surface area (Å²) in [6.45, 7) is 5.96. The highest BCUT2D eigenvalue weighted by atomic mass is 32.2. The van der Waals surface area contributed by atoms with Gasteiger partial charge in [0.1, 0.15) is 0 Å². The Labute approximate surface area is 143 Å². The molecule has 1 aromatic rings. The first-order valence-electron chi connectivity index (χ1n) is 8.11. The van der Waals surface area contributed by atoms with Crippen molar-refractivity contribution in [1.82, 2.24) is 4.72 Å². The molecule has 0 radical (unpaired) electrons. The van der Waals surface area contributed by atoms with Crippen molar-refractivity contribution < 1.29 is 23.1 Å². The van der Waals surface area contributed by atoms with E-state index >= 15 is 0 Å². The summed E-state index contributed by atoms with van der Waals surface area (Å²) in [4.78, 5) is 11.4. The molecule has 1 rings (SSSR count). The third-order valence-electron chi connectivity index (χ3n) is 3.34. The maximum Gasteiger partial charge on any atom is 0.337 e. The molecule has 7 nitrogen and oxygen atoms in total. The minimum atomic E-state index is -3.70. The van der Waals surface area contributed by atoms with Gasteiger partial charge in [-0.1, -0.05) is 13.3 Å². The van der Waals surface area contributed by atoms with E-state index in [0.717, 1.165) is 19.3 Å². The van der Waals surface area contributed by atoms with Crippen LogP contribution in [0.15, 0.2) is 23.1 Å². The molecule has 136 valence electrons. The van der Waals surface area contributed by atoms with Crippen LogP contribution in [-0.4, -0.2) is 45.8 Å². The van der Waals surface area contributed by atoms with E-state index in [0.29, 0.717) is 32.0 Å². The van der Waals surface area contributed by atoms with E-state index in [1.807, 2.05) is 13.8 Å². The Bertz CT molecular complexity index is 631. The van der Waals surface area contributed by atoms with Crippen LogP contribution in [0.1, 0.15) is 43.5 Å². The molecule has 24 heavy (non-hydrogen) atoms. The van der Waals surface area contributed by atoms with E-state index in [2.05, 4.69) is 10.0 Å². The summed E-state index contributed by atoms with van der Waals surface area (Å²) in [5.41, 5.74) is 0.330. The second kappa shape index (κ2) is 10.3. The molecule has 0 aromatic heterocycles. The molecular formula is C16H26N2O5S. The maximum atomic E-state index is 12.2. The van der Waals surface area contributed by atoms with Gasteiger partial charge in [0, 0.05) is 32.0 Å². The Morgan fingerprint density at radius 2 is 1.96 bits per heavy atom. The van der Waals surface area contributed by atoms with Crippen molar-refractivity contribution >= 4 is 21.7 Å². The van der Waals surface area contributed by atoms with E-state index in [1.165, 1.54) is 18.2 Å². The molecule has 0 fully saturated rings. The minimum absolute atomic E-state index is 0.0455. The molecule has 0 amide bonds. The van der Waals surface area contributed by atoms with Gasteiger partial charge in [-0.3, -0.25) is 0 Å². The van der Waals surface area contributed by atoms with Gasteiger partial charge >= 0.3 is 5.97 Å². The third-order valence-corrected chi connectivity index (χ3v) is 4.80. The second-order valence-electron chi connectivity index (χ2n) is 5.24. The van der Waals surface area contributed by atoms with E-state index in [9.17, 15) is 18.3 Å². The number of hydrogen-bond donors (Lipinski definition) is 3. The predicted octanol–water partition coefficient (Wildman–Crippen LogP) is 2.30. The lowest BCUT2D eigenvalue weighted by Gasteiger charge is -2.12. The molecule has 3 N–H and O–H groups in total. The Balaban J connectivity index is 2.84. The van der Waals surface area contributed by atoms with Crippen molar-refractivity contribution in [1.29, 1.82) is 0 Å². The molecule has 0 aliphatic rings. The zero-order chi connectivity index (χ0) is 18.0. The summed E-state index contributed by atoms with van der Waals surface area (Å²) in [6.07, 6.45) is 2.32. The fourth-order valence-electron chi connectivity index (χ4n) is 2.03. The quantitative estimate of drug-likeness (QED) is 0.495. The molecule has 0 spiro atoms. The minimum Gasteiger partial charge on any atom is -0.478 e. The predicted molar refractivity (Wildman–Crippen MR) is 93.1 cm³/mol. The van der Waals surface area contributed by atoms with Gasteiger partial charge in [-0.25, -0.2) is 17.9 Å². The second-order valence-corrected chi connectivity index (χ2v) is 7.01. The standard InChI is InChI=1S/C16H26N2O5S/c1-3-5-10-18-24(21,22)13-7-8-15(14(12-13)16(19)20)17-9-6-11-23-4-2/h7-8,12,17-18H,3-6,9-11H2,1-2H3,(H,19,20). The van der Waals surface area contributed by atoms with Gasteiger partial charge in [-0.05, 0) is 38.0 Å². The van der Waals surface area contributed by atoms with Gasteiger partial charge in [-0.15, -0.1) is 0 Å². The molecule has 8 heteroatoms. The number of nitrogens with one attached hydrogen (secondary N) is 2. The van der Waals surface area contributed by atoms with E-state index in [-0.39, 0.29) is 10.5 Å². The Hall–Kier alpha value is -1.64. The molecule has 0 atom stereocenters. The van der Waals surface area contributed by atoms with E-state index in [4.69, 9.17) is 4.74 Å². The summed E-state index contributed by atoms with van der Waals surface area (Å²) in [5, 5.41) is 12.3. The highest BCUT2D eigenvalue weighted by Gasteiger charge is 2.18. The monoisotopic (exact) mass is 358 g/mol. The number of benzene rings is 1. The summed E-state index contributed by atoms with van der Waals surface area (Å²) in [7, 11) is -3.70. The lowest BCUT2D eigenvalue weighted by Crippen LogP contribution is -2.25. The highest BCUT2D eigenvalue weighted by molar-refractivity contribution is 7.89. The summed E-state index contributed by atoms with van der Waals surface area (Å²) >= 11 is 0. The molecule has 0 heterocycles. The number of unbranched alkanes of at least 4 members (excludes halogenated alkanes) is 1. The lowest BCUT2D eigenvalue weighted by molar-refractivity contribution is 0.0697. The number of carboxylic acids is 1. The number of rotatable bonds is 12. The largest absolute Gasteiger partial charge is 0.478 e. The Kier molecular flexibility index (Phi) is 8.73. The molecule has 0 saturated carbocycles. The van der Waals surface area contributed by atoms with Crippen molar-refractivity contribution in [2.45, 2.75) is 38.0 Å². The molecular weight excluding hydrogens is 332 g/mol. The van der Waals surface area contributed by atoms with Crippen LogP contribution in [0.25, 0.3) is 0 Å².